The molecule has 0 heterocycles. The monoisotopic (exact) mass is 309 g/mol. The summed E-state index contributed by atoms with van der Waals surface area (Å²) in [5.74, 6) is -1.37. The van der Waals surface area contributed by atoms with Gasteiger partial charge in [0.25, 0.3) is 5.91 Å². The second-order valence-electron chi connectivity index (χ2n) is 3.78. The van der Waals surface area contributed by atoms with Crippen molar-refractivity contribution in [3.8, 4) is 0 Å². The summed E-state index contributed by atoms with van der Waals surface area (Å²) < 4.78 is 0. The molecule has 20 heavy (non-hydrogen) atoms. The number of hydrogen-bond acceptors (Lipinski definition) is 3. The highest BCUT2D eigenvalue weighted by Crippen LogP contribution is 2.16. The maximum Gasteiger partial charge on any atom is 0.364 e. The number of rotatable bonds is 2. The molecule has 0 aliphatic heterocycles. The summed E-state index contributed by atoms with van der Waals surface area (Å²) in [7, 11) is 0. The van der Waals surface area contributed by atoms with E-state index in [1.165, 1.54) is 12.1 Å². The van der Waals surface area contributed by atoms with Crippen molar-refractivity contribution in [1.29, 1.82) is 0 Å². The SMILES string of the molecule is O=C(NOC(=O)c1ccccc1Cl)c1ccccc1Cl. The second kappa shape index (κ2) is 6.41. The number of carbonyl (C=O) groups excluding carboxylic acids is 2. The van der Waals surface area contributed by atoms with Crippen molar-refractivity contribution in [2.45, 2.75) is 0 Å². The van der Waals surface area contributed by atoms with Crippen LogP contribution in [0.15, 0.2) is 48.5 Å². The van der Waals surface area contributed by atoms with E-state index in [9.17, 15) is 9.59 Å². The third kappa shape index (κ3) is 3.29. The van der Waals surface area contributed by atoms with Crippen LogP contribution in [0.5, 0.6) is 0 Å². The largest absolute Gasteiger partial charge is 0.364 e. The Morgan fingerprint density at radius 1 is 0.850 bits per heavy atom. The van der Waals surface area contributed by atoms with Crippen LogP contribution in [0.4, 0.5) is 0 Å². The Morgan fingerprint density at radius 3 is 1.90 bits per heavy atom. The number of halogens is 2. The Morgan fingerprint density at radius 2 is 1.35 bits per heavy atom. The first-order valence-corrected chi connectivity index (χ1v) is 6.36. The molecule has 0 aliphatic carbocycles. The Labute approximate surface area is 125 Å². The Kier molecular flexibility index (Phi) is 4.61. The lowest BCUT2D eigenvalue weighted by Gasteiger charge is -2.07. The smallest absolute Gasteiger partial charge is 0.335 e. The van der Waals surface area contributed by atoms with E-state index >= 15 is 0 Å². The highest BCUT2D eigenvalue weighted by Gasteiger charge is 2.15. The highest BCUT2D eigenvalue weighted by atomic mass is 35.5. The summed E-state index contributed by atoms with van der Waals surface area (Å²) >= 11 is 11.7. The minimum atomic E-state index is -0.754. The van der Waals surface area contributed by atoms with Crippen molar-refractivity contribution in [3.63, 3.8) is 0 Å². The summed E-state index contributed by atoms with van der Waals surface area (Å²) in [5.41, 5.74) is 2.40. The number of hydrogen-bond donors (Lipinski definition) is 1. The van der Waals surface area contributed by atoms with Gasteiger partial charge in [-0.25, -0.2) is 4.79 Å². The zero-order valence-corrected chi connectivity index (χ0v) is 11.6. The molecule has 2 aromatic carbocycles. The topological polar surface area (TPSA) is 55.4 Å². The summed E-state index contributed by atoms with van der Waals surface area (Å²) in [6, 6.07) is 12.8. The van der Waals surface area contributed by atoms with Gasteiger partial charge in [-0.2, -0.15) is 5.48 Å². The van der Waals surface area contributed by atoms with Crippen LogP contribution < -0.4 is 5.48 Å². The molecule has 4 nitrogen and oxygen atoms in total. The van der Waals surface area contributed by atoms with Gasteiger partial charge in [0.15, 0.2) is 0 Å². The predicted molar refractivity (Wildman–Crippen MR) is 75.8 cm³/mol. The number of benzene rings is 2. The predicted octanol–water partition coefficient (Wildman–Crippen LogP) is 3.50. The first-order valence-electron chi connectivity index (χ1n) is 5.60. The number of carbonyl (C=O) groups is 2. The van der Waals surface area contributed by atoms with Crippen LogP contribution in [-0.2, 0) is 4.84 Å². The molecule has 0 aromatic heterocycles. The van der Waals surface area contributed by atoms with Crippen molar-refractivity contribution < 1.29 is 14.4 Å². The third-order valence-corrected chi connectivity index (χ3v) is 3.11. The van der Waals surface area contributed by atoms with Crippen LogP contribution in [0.25, 0.3) is 0 Å². The molecule has 0 aliphatic rings. The number of hydroxylamine groups is 1. The minimum absolute atomic E-state index is 0.161. The van der Waals surface area contributed by atoms with Gasteiger partial charge in [0.1, 0.15) is 0 Å². The fourth-order valence-electron chi connectivity index (χ4n) is 1.47. The lowest BCUT2D eigenvalue weighted by atomic mass is 10.2. The van der Waals surface area contributed by atoms with Crippen molar-refractivity contribution in [1.82, 2.24) is 5.48 Å². The van der Waals surface area contributed by atoms with Crippen LogP contribution >= 0.6 is 23.2 Å². The van der Waals surface area contributed by atoms with Crippen LogP contribution in [0, 0.1) is 0 Å². The molecule has 0 unspecified atom stereocenters. The molecule has 2 aromatic rings. The van der Waals surface area contributed by atoms with Crippen LogP contribution in [0.3, 0.4) is 0 Å². The standard InChI is InChI=1S/C14H9Cl2NO3/c15-11-7-3-1-5-9(11)13(18)17-20-14(19)10-6-2-4-8-12(10)16/h1-8H,(H,17,18). The molecule has 1 N–H and O–H groups in total. The maximum atomic E-state index is 11.8. The van der Waals surface area contributed by atoms with E-state index in [0.29, 0.717) is 0 Å². The van der Waals surface area contributed by atoms with E-state index in [0.717, 1.165) is 0 Å². The second-order valence-corrected chi connectivity index (χ2v) is 4.59. The molecule has 0 radical (unpaired) electrons. The normalized spacial score (nSPS) is 9.90. The first-order chi connectivity index (χ1) is 9.59. The zero-order chi connectivity index (χ0) is 14.5. The van der Waals surface area contributed by atoms with Gasteiger partial charge in [-0.15, -0.1) is 0 Å². The van der Waals surface area contributed by atoms with E-state index in [4.69, 9.17) is 28.0 Å². The highest BCUT2D eigenvalue weighted by molar-refractivity contribution is 6.34. The van der Waals surface area contributed by atoms with Crippen molar-refractivity contribution in [2.75, 3.05) is 0 Å². The molecular weight excluding hydrogens is 301 g/mol. The summed E-state index contributed by atoms with van der Waals surface area (Å²) in [4.78, 5) is 28.2. The quantitative estimate of drug-likeness (QED) is 0.864. The Hall–Kier alpha value is -2.04. The van der Waals surface area contributed by atoms with Crippen LogP contribution in [-0.4, -0.2) is 11.9 Å². The zero-order valence-electron chi connectivity index (χ0n) is 10.1. The van der Waals surface area contributed by atoms with Gasteiger partial charge >= 0.3 is 5.97 Å². The van der Waals surface area contributed by atoms with Gasteiger partial charge < -0.3 is 4.84 Å². The molecule has 0 saturated heterocycles. The fourth-order valence-corrected chi connectivity index (χ4v) is 1.91. The van der Waals surface area contributed by atoms with Crippen LogP contribution in [0.1, 0.15) is 20.7 Å². The van der Waals surface area contributed by atoms with E-state index in [-0.39, 0.29) is 21.2 Å². The van der Waals surface area contributed by atoms with Gasteiger partial charge in [-0.3, -0.25) is 4.79 Å². The van der Waals surface area contributed by atoms with Crippen molar-refractivity contribution in [2.24, 2.45) is 0 Å². The lowest BCUT2D eigenvalue weighted by Crippen LogP contribution is -2.27. The van der Waals surface area contributed by atoms with Gasteiger partial charge in [-0.05, 0) is 24.3 Å². The molecular formula is C14H9Cl2NO3. The Bertz CT molecular complexity index is 601. The Balaban J connectivity index is 2.03. The van der Waals surface area contributed by atoms with Crippen molar-refractivity contribution >= 4 is 35.1 Å². The third-order valence-electron chi connectivity index (χ3n) is 2.45. The summed E-state index contributed by atoms with van der Waals surface area (Å²) in [5, 5.41) is 0.503. The van der Waals surface area contributed by atoms with Gasteiger partial charge in [0.05, 0.1) is 21.2 Å². The lowest BCUT2D eigenvalue weighted by molar-refractivity contribution is 0.0230. The molecule has 0 fully saturated rings. The molecule has 0 spiro atoms. The molecule has 1 amide bonds. The van der Waals surface area contributed by atoms with E-state index in [1.807, 2.05) is 5.48 Å². The average Bonchev–Trinajstić information content (AvgIpc) is 2.45. The van der Waals surface area contributed by atoms with E-state index in [2.05, 4.69) is 0 Å². The van der Waals surface area contributed by atoms with Crippen molar-refractivity contribution in [3.05, 3.63) is 69.7 Å². The van der Waals surface area contributed by atoms with Crippen LogP contribution in [0.2, 0.25) is 10.0 Å². The average molecular weight is 310 g/mol. The maximum absolute atomic E-state index is 11.8. The molecule has 0 saturated carbocycles. The summed E-state index contributed by atoms with van der Waals surface area (Å²) in [6.07, 6.45) is 0. The van der Waals surface area contributed by atoms with Gasteiger partial charge in [0, 0.05) is 0 Å². The van der Waals surface area contributed by atoms with E-state index in [1.54, 1.807) is 36.4 Å². The fraction of sp³-hybridized carbons (Fsp3) is 0. The number of amides is 1. The van der Waals surface area contributed by atoms with Gasteiger partial charge in [0.2, 0.25) is 0 Å². The molecule has 0 bridgehead atoms. The molecule has 102 valence electrons. The number of nitrogens with one attached hydrogen (secondary N) is 1. The minimum Gasteiger partial charge on any atom is -0.335 e. The summed E-state index contributed by atoms with van der Waals surface area (Å²) in [6.45, 7) is 0. The van der Waals surface area contributed by atoms with Gasteiger partial charge in [-0.1, -0.05) is 47.5 Å². The molecule has 0 atom stereocenters. The first kappa shape index (κ1) is 14.4. The molecule has 2 rings (SSSR count). The van der Waals surface area contributed by atoms with E-state index < -0.39 is 11.9 Å². The molecule has 6 heteroatoms.